The summed E-state index contributed by atoms with van der Waals surface area (Å²) in [6, 6.07) is 23.2. The largest absolute Gasteiger partial charge is 0.481 e. The van der Waals surface area contributed by atoms with Gasteiger partial charge in [-0.15, -0.1) is 0 Å². The first kappa shape index (κ1) is 21.3. The Morgan fingerprint density at radius 2 is 1.63 bits per heavy atom. The minimum Gasteiger partial charge on any atom is -0.481 e. The van der Waals surface area contributed by atoms with Crippen molar-refractivity contribution in [3.8, 4) is 5.75 Å². The highest BCUT2D eigenvalue weighted by Crippen LogP contribution is 2.21. The van der Waals surface area contributed by atoms with Crippen LogP contribution < -0.4 is 20.9 Å². The van der Waals surface area contributed by atoms with Crippen LogP contribution in [0.3, 0.4) is 0 Å². The van der Waals surface area contributed by atoms with Crippen LogP contribution in [0.2, 0.25) is 0 Å². The number of nitrogens with one attached hydrogen (secondary N) is 3. The Morgan fingerprint density at radius 3 is 2.40 bits per heavy atom. The van der Waals surface area contributed by atoms with E-state index >= 15 is 0 Å². The van der Waals surface area contributed by atoms with Crippen LogP contribution in [0.25, 0.3) is 10.8 Å². The van der Waals surface area contributed by atoms with Crippen molar-refractivity contribution in [1.82, 2.24) is 16.2 Å². The van der Waals surface area contributed by atoms with Gasteiger partial charge in [0.05, 0.1) is 0 Å². The van der Waals surface area contributed by atoms with E-state index < -0.39 is 12.0 Å². The third kappa shape index (κ3) is 6.28. The number of hydrogen-bond acceptors (Lipinski definition) is 4. The highest BCUT2D eigenvalue weighted by atomic mass is 32.1. The molecule has 3 aromatic rings. The molecule has 0 saturated heterocycles. The molecule has 0 aliphatic rings. The minimum atomic E-state index is -0.754. The van der Waals surface area contributed by atoms with Crippen molar-refractivity contribution >= 4 is 39.9 Å². The van der Waals surface area contributed by atoms with Crippen molar-refractivity contribution in [1.29, 1.82) is 0 Å². The lowest BCUT2D eigenvalue weighted by Gasteiger charge is -2.16. The average molecular weight is 422 g/mol. The van der Waals surface area contributed by atoms with Crippen LogP contribution in [0.4, 0.5) is 0 Å². The van der Waals surface area contributed by atoms with Gasteiger partial charge in [0.2, 0.25) is 5.91 Å². The van der Waals surface area contributed by atoms with E-state index in [1.54, 1.807) is 6.92 Å². The predicted molar refractivity (Wildman–Crippen MR) is 121 cm³/mol. The standard InChI is InChI=1S/C23H23N3O3S/c1-16(29-20-13-12-18-9-5-6-10-19(18)15-20)22(28)25-26-23(30)24-21(27)14-11-17-7-3-2-4-8-17/h2-10,12-13,15-16H,11,14H2,1H3,(H,25,28)(H2,24,26,27,30)/t16-/m0/s1. The van der Waals surface area contributed by atoms with E-state index in [1.165, 1.54) is 0 Å². The maximum atomic E-state index is 12.2. The molecule has 3 rings (SSSR count). The number of amides is 2. The van der Waals surface area contributed by atoms with Gasteiger partial charge in [0.25, 0.3) is 5.91 Å². The number of carbonyl (C=O) groups is 2. The molecule has 6 nitrogen and oxygen atoms in total. The fraction of sp³-hybridized carbons (Fsp3) is 0.174. The lowest BCUT2D eigenvalue weighted by atomic mass is 10.1. The normalized spacial score (nSPS) is 11.4. The Hall–Kier alpha value is -3.45. The highest BCUT2D eigenvalue weighted by molar-refractivity contribution is 7.80. The summed E-state index contributed by atoms with van der Waals surface area (Å²) in [7, 11) is 0. The van der Waals surface area contributed by atoms with Gasteiger partial charge in [-0.3, -0.25) is 20.4 Å². The van der Waals surface area contributed by atoms with Crippen LogP contribution in [0, 0.1) is 0 Å². The van der Waals surface area contributed by atoms with Gasteiger partial charge < -0.3 is 10.1 Å². The molecular weight excluding hydrogens is 398 g/mol. The van der Waals surface area contributed by atoms with E-state index in [0.29, 0.717) is 18.6 Å². The Labute approximate surface area is 180 Å². The van der Waals surface area contributed by atoms with E-state index in [0.717, 1.165) is 16.3 Å². The molecule has 0 unspecified atom stereocenters. The number of rotatable bonds is 6. The smallest absolute Gasteiger partial charge is 0.279 e. The molecule has 2 amide bonds. The molecule has 3 aromatic carbocycles. The molecule has 1 atom stereocenters. The number of aryl methyl sites for hydroxylation is 1. The van der Waals surface area contributed by atoms with Crippen molar-refractivity contribution < 1.29 is 14.3 Å². The molecule has 0 bridgehead atoms. The number of ether oxygens (including phenoxy) is 1. The zero-order valence-corrected chi connectivity index (χ0v) is 17.4. The van der Waals surface area contributed by atoms with E-state index in [9.17, 15) is 9.59 Å². The van der Waals surface area contributed by atoms with Gasteiger partial charge in [-0.25, -0.2) is 0 Å². The topological polar surface area (TPSA) is 79.5 Å². The fourth-order valence-electron chi connectivity index (χ4n) is 2.84. The summed E-state index contributed by atoms with van der Waals surface area (Å²) >= 11 is 5.05. The van der Waals surface area contributed by atoms with Gasteiger partial charge in [-0.2, -0.15) is 0 Å². The van der Waals surface area contributed by atoms with Gasteiger partial charge in [0, 0.05) is 6.42 Å². The lowest BCUT2D eigenvalue weighted by Crippen LogP contribution is -2.51. The first-order valence-electron chi connectivity index (χ1n) is 9.60. The zero-order valence-electron chi connectivity index (χ0n) is 16.6. The number of thiocarbonyl (C=S) groups is 1. The van der Waals surface area contributed by atoms with Gasteiger partial charge in [0.1, 0.15) is 5.75 Å². The maximum absolute atomic E-state index is 12.2. The molecule has 3 N–H and O–H groups in total. The average Bonchev–Trinajstić information content (AvgIpc) is 2.76. The van der Waals surface area contributed by atoms with Gasteiger partial charge >= 0.3 is 0 Å². The molecule has 154 valence electrons. The molecule has 0 saturated carbocycles. The summed E-state index contributed by atoms with van der Waals surface area (Å²) in [5, 5.41) is 4.69. The molecule has 0 spiro atoms. The fourth-order valence-corrected chi connectivity index (χ4v) is 3.01. The predicted octanol–water partition coefficient (Wildman–Crippen LogP) is 3.26. The third-order valence-electron chi connectivity index (χ3n) is 4.44. The summed E-state index contributed by atoms with van der Waals surface area (Å²) in [6.07, 6.45) is 0.148. The van der Waals surface area contributed by atoms with Crippen LogP contribution >= 0.6 is 12.2 Å². The summed E-state index contributed by atoms with van der Waals surface area (Å²) in [5.41, 5.74) is 6.05. The lowest BCUT2D eigenvalue weighted by molar-refractivity contribution is -0.128. The van der Waals surface area contributed by atoms with Gasteiger partial charge in [-0.05, 0) is 54.0 Å². The van der Waals surface area contributed by atoms with Crippen LogP contribution in [0.15, 0.2) is 72.8 Å². The summed E-state index contributed by atoms with van der Waals surface area (Å²) in [5.74, 6) is -0.0525. The Morgan fingerprint density at radius 1 is 0.933 bits per heavy atom. The second kappa shape index (κ2) is 10.4. The molecular formula is C23H23N3O3S. The van der Waals surface area contributed by atoms with Crippen molar-refractivity contribution in [3.05, 3.63) is 78.4 Å². The molecule has 30 heavy (non-hydrogen) atoms. The van der Waals surface area contributed by atoms with E-state index in [2.05, 4.69) is 16.2 Å². The second-order valence-electron chi connectivity index (χ2n) is 6.75. The minimum absolute atomic E-state index is 0.0271. The van der Waals surface area contributed by atoms with E-state index in [1.807, 2.05) is 72.8 Å². The van der Waals surface area contributed by atoms with Gasteiger partial charge in [-0.1, -0.05) is 60.7 Å². The molecule has 0 radical (unpaired) electrons. The molecule has 0 aliphatic carbocycles. The quantitative estimate of drug-likeness (QED) is 0.421. The van der Waals surface area contributed by atoms with Crippen molar-refractivity contribution in [2.45, 2.75) is 25.9 Å². The first-order chi connectivity index (χ1) is 14.5. The molecule has 0 aromatic heterocycles. The number of hydrogen-bond donors (Lipinski definition) is 3. The van der Waals surface area contributed by atoms with Gasteiger partial charge in [0.15, 0.2) is 11.2 Å². The Kier molecular flexibility index (Phi) is 7.34. The van der Waals surface area contributed by atoms with Crippen LogP contribution in [0.5, 0.6) is 5.75 Å². The SMILES string of the molecule is C[C@H](Oc1ccc2ccccc2c1)C(=O)NNC(=S)NC(=O)CCc1ccccc1. The van der Waals surface area contributed by atoms with E-state index in [-0.39, 0.29) is 11.0 Å². The molecule has 0 fully saturated rings. The Bertz CT molecular complexity index is 1040. The monoisotopic (exact) mass is 421 g/mol. The van der Waals surface area contributed by atoms with Crippen molar-refractivity contribution in [2.24, 2.45) is 0 Å². The van der Waals surface area contributed by atoms with Crippen molar-refractivity contribution in [3.63, 3.8) is 0 Å². The first-order valence-corrected chi connectivity index (χ1v) is 10.0. The van der Waals surface area contributed by atoms with Crippen LogP contribution in [0.1, 0.15) is 18.9 Å². The highest BCUT2D eigenvalue weighted by Gasteiger charge is 2.15. The summed E-state index contributed by atoms with van der Waals surface area (Å²) < 4.78 is 5.70. The second-order valence-corrected chi connectivity index (χ2v) is 7.15. The zero-order chi connectivity index (χ0) is 21.3. The van der Waals surface area contributed by atoms with Crippen LogP contribution in [-0.4, -0.2) is 23.0 Å². The molecule has 7 heteroatoms. The van der Waals surface area contributed by atoms with E-state index in [4.69, 9.17) is 17.0 Å². The van der Waals surface area contributed by atoms with Crippen LogP contribution in [-0.2, 0) is 16.0 Å². The molecule has 0 aliphatic heterocycles. The number of benzene rings is 3. The Balaban J connectivity index is 1.41. The summed E-state index contributed by atoms with van der Waals surface area (Å²) in [6.45, 7) is 1.63. The summed E-state index contributed by atoms with van der Waals surface area (Å²) in [4.78, 5) is 24.2. The third-order valence-corrected chi connectivity index (χ3v) is 4.64. The van der Waals surface area contributed by atoms with Crippen molar-refractivity contribution in [2.75, 3.05) is 0 Å². The molecule has 0 heterocycles. The number of carbonyl (C=O) groups excluding carboxylic acids is 2. The maximum Gasteiger partial charge on any atom is 0.279 e. The number of hydrazine groups is 1. The number of fused-ring (bicyclic) bond motifs is 1.